The zero-order valence-electron chi connectivity index (χ0n) is 8.45. The Morgan fingerprint density at radius 2 is 2.36 bits per heavy atom. The van der Waals surface area contributed by atoms with Crippen LogP contribution in [0.5, 0.6) is 0 Å². The molecule has 1 aromatic rings. The normalized spacial score (nSPS) is 18.7. The first-order chi connectivity index (χ1) is 6.70. The van der Waals surface area contributed by atoms with Crippen molar-refractivity contribution in [3.05, 3.63) is 24.0 Å². The van der Waals surface area contributed by atoms with E-state index >= 15 is 0 Å². The molecule has 2 rings (SSSR count). The molecule has 3 heteroatoms. The van der Waals surface area contributed by atoms with Gasteiger partial charge in [-0.3, -0.25) is 4.98 Å². The fourth-order valence-electron chi connectivity index (χ4n) is 1.67. The van der Waals surface area contributed by atoms with Gasteiger partial charge in [-0.1, -0.05) is 0 Å². The number of aryl methyl sites for hydroxylation is 1. The maximum absolute atomic E-state index is 9.88. The Bertz CT molecular complexity index is 321. The zero-order valence-corrected chi connectivity index (χ0v) is 8.45. The number of hydrogen-bond acceptors (Lipinski definition) is 3. The van der Waals surface area contributed by atoms with Gasteiger partial charge in [0.25, 0.3) is 0 Å². The second kappa shape index (κ2) is 3.58. The van der Waals surface area contributed by atoms with E-state index in [4.69, 9.17) is 0 Å². The summed E-state index contributed by atoms with van der Waals surface area (Å²) in [6, 6.07) is 1.97. The van der Waals surface area contributed by atoms with Gasteiger partial charge in [0.2, 0.25) is 0 Å². The number of pyridine rings is 1. The zero-order chi connectivity index (χ0) is 10.0. The van der Waals surface area contributed by atoms with Crippen molar-refractivity contribution in [2.24, 2.45) is 0 Å². The SMILES string of the molecule is Cc1ccncc1NCC1(O)CCC1. The van der Waals surface area contributed by atoms with Crippen LogP contribution in [0.15, 0.2) is 18.5 Å². The number of anilines is 1. The summed E-state index contributed by atoms with van der Waals surface area (Å²) in [7, 11) is 0. The lowest BCUT2D eigenvalue weighted by molar-refractivity contribution is -0.0202. The molecular formula is C11H16N2O. The van der Waals surface area contributed by atoms with Gasteiger partial charge < -0.3 is 10.4 Å². The quantitative estimate of drug-likeness (QED) is 0.766. The van der Waals surface area contributed by atoms with E-state index in [0.29, 0.717) is 6.54 Å². The van der Waals surface area contributed by atoms with Gasteiger partial charge in [-0.25, -0.2) is 0 Å². The van der Waals surface area contributed by atoms with Crippen LogP contribution in [0.2, 0.25) is 0 Å². The van der Waals surface area contributed by atoms with Crippen LogP contribution in [0.1, 0.15) is 24.8 Å². The van der Waals surface area contributed by atoms with Crippen molar-refractivity contribution < 1.29 is 5.11 Å². The summed E-state index contributed by atoms with van der Waals surface area (Å²) in [5.41, 5.74) is 1.72. The topological polar surface area (TPSA) is 45.2 Å². The Balaban J connectivity index is 1.95. The summed E-state index contributed by atoms with van der Waals surface area (Å²) >= 11 is 0. The highest BCUT2D eigenvalue weighted by Crippen LogP contribution is 2.31. The number of rotatable bonds is 3. The second-order valence-corrected chi connectivity index (χ2v) is 4.12. The van der Waals surface area contributed by atoms with Gasteiger partial charge in [0, 0.05) is 12.7 Å². The monoisotopic (exact) mass is 192 g/mol. The lowest BCUT2D eigenvalue weighted by atomic mass is 9.80. The molecule has 2 N–H and O–H groups in total. The lowest BCUT2D eigenvalue weighted by Gasteiger charge is -2.37. The van der Waals surface area contributed by atoms with Gasteiger partial charge in [0.05, 0.1) is 17.5 Å². The third-order valence-corrected chi connectivity index (χ3v) is 2.93. The Labute approximate surface area is 84.2 Å². The minimum Gasteiger partial charge on any atom is -0.388 e. The molecule has 3 nitrogen and oxygen atoms in total. The molecule has 76 valence electrons. The molecule has 0 aromatic carbocycles. The average Bonchev–Trinajstić information content (AvgIpc) is 2.14. The molecule has 0 bridgehead atoms. The third kappa shape index (κ3) is 1.87. The molecule has 1 heterocycles. The van der Waals surface area contributed by atoms with E-state index in [0.717, 1.165) is 24.9 Å². The molecule has 0 amide bonds. The van der Waals surface area contributed by atoms with Gasteiger partial charge in [-0.2, -0.15) is 0 Å². The van der Waals surface area contributed by atoms with Crippen LogP contribution in [0.25, 0.3) is 0 Å². The van der Waals surface area contributed by atoms with E-state index in [-0.39, 0.29) is 0 Å². The molecule has 14 heavy (non-hydrogen) atoms. The molecule has 0 unspecified atom stereocenters. The summed E-state index contributed by atoms with van der Waals surface area (Å²) in [4.78, 5) is 4.05. The van der Waals surface area contributed by atoms with Crippen LogP contribution in [-0.2, 0) is 0 Å². The van der Waals surface area contributed by atoms with E-state index in [2.05, 4.69) is 10.3 Å². The van der Waals surface area contributed by atoms with E-state index in [9.17, 15) is 5.11 Å². The molecule has 0 aliphatic heterocycles. The maximum Gasteiger partial charge on any atom is 0.0819 e. The minimum atomic E-state index is -0.470. The predicted octanol–water partition coefficient (Wildman–Crippen LogP) is 1.72. The number of aliphatic hydroxyl groups is 1. The Morgan fingerprint density at radius 1 is 1.57 bits per heavy atom. The first kappa shape index (κ1) is 9.46. The van der Waals surface area contributed by atoms with Gasteiger partial charge in [-0.05, 0) is 37.8 Å². The van der Waals surface area contributed by atoms with Crippen LogP contribution in [-0.4, -0.2) is 22.2 Å². The highest BCUT2D eigenvalue weighted by molar-refractivity contribution is 5.48. The molecule has 0 saturated heterocycles. The van der Waals surface area contributed by atoms with Crippen molar-refractivity contribution in [3.8, 4) is 0 Å². The summed E-state index contributed by atoms with van der Waals surface area (Å²) in [5.74, 6) is 0. The van der Waals surface area contributed by atoms with Crippen molar-refractivity contribution in [3.63, 3.8) is 0 Å². The molecule has 0 radical (unpaired) electrons. The highest BCUT2D eigenvalue weighted by atomic mass is 16.3. The van der Waals surface area contributed by atoms with Crippen LogP contribution in [0, 0.1) is 6.92 Å². The van der Waals surface area contributed by atoms with E-state index in [1.165, 1.54) is 5.56 Å². The largest absolute Gasteiger partial charge is 0.388 e. The first-order valence-electron chi connectivity index (χ1n) is 5.06. The van der Waals surface area contributed by atoms with Crippen LogP contribution >= 0.6 is 0 Å². The number of nitrogens with zero attached hydrogens (tertiary/aromatic N) is 1. The Kier molecular flexibility index (Phi) is 2.42. The molecular weight excluding hydrogens is 176 g/mol. The number of nitrogens with one attached hydrogen (secondary N) is 1. The van der Waals surface area contributed by atoms with E-state index in [1.54, 1.807) is 12.4 Å². The van der Waals surface area contributed by atoms with E-state index < -0.39 is 5.60 Å². The fourth-order valence-corrected chi connectivity index (χ4v) is 1.67. The maximum atomic E-state index is 9.88. The molecule has 0 spiro atoms. The van der Waals surface area contributed by atoms with Crippen molar-refractivity contribution in [2.75, 3.05) is 11.9 Å². The molecule has 1 aromatic heterocycles. The predicted molar refractivity (Wildman–Crippen MR) is 56.3 cm³/mol. The highest BCUT2D eigenvalue weighted by Gasteiger charge is 2.33. The van der Waals surface area contributed by atoms with Crippen LogP contribution < -0.4 is 5.32 Å². The molecule has 1 aliphatic carbocycles. The van der Waals surface area contributed by atoms with Crippen molar-refractivity contribution in [1.82, 2.24) is 4.98 Å². The van der Waals surface area contributed by atoms with Gasteiger partial charge in [0.15, 0.2) is 0 Å². The van der Waals surface area contributed by atoms with Gasteiger partial charge >= 0.3 is 0 Å². The molecule has 0 atom stereocenters. The van der Waals surface area contributed by atoms with E-state index in [1.807, 2.05) is 13.0 Å². The summed E-state index contributed by atoms with van der Waals surface area (Å²) in [6.45, 7) is 2.67. The smallest absolute Gasteiger partial charge is 0.0819 e. The summed E-state index contributed by atoms with van der Waals surface area (Å²) in [5, 5.41) is 13.1. The fraction of sp³-hybridized carbons (Fsp3) is 0.545. The first-order valence-corrected chi connectivity index (χ1v) is 5.06. The van der Waals surface area contributed by atoms with Gasteiger partial charge in [0.1, 0.15) is 0 Å². The Hall–Kier alpha value is -1.09. The lowest BCUT2D eigenvalue weighted by Crippen LogP contribution is -2.43. The summed E-state index contributed by atoms with van der Waals surface area (Å²) < 4.78 is 0. The Morgan fingerprint density at radius 3 is 2.93 bits per heavy atom. The minimum absolute atomic E-state index is 0.470. The third-order valence-electron chi connectivity index (χ3n) is 2.93. The van der Waals surface area contributed by atoms with Crippen LogP contribution in [0.3, 0.4) is 0 Å². The standard InChI is InChI=1S/C11H16N2O/c1-9-3-6-12-7-10(9)13-8-11(14)4-2-5-11/h3,6-7,13-14H,2,4-5,8H2,1H3. The van der Waals surface area contributed by atoms with Crippen molar-refractivity contribution in [2.45, 2.75) is 31.8 Å². The average molecular weight is 192 g/mol. The van der Waals surface area contributed by atoms with Gasteiger partial charge in [-0.15, -0.1) is 0 Å². The van der Waals surface area contributed by atoms with Crippen molar-refractivity contribution >= 4 is 5.69 Å². The number of hydrogen-bond donors (Lipinski definition) is 2. The van der Waals surface area contributed by atoms with Crippen molar-refractivity contribution in [1.29, 1.82) is 0 Å². The van der Waals surface area contributed by atoms with Crippen LogP contribution in [0.4, 0.5) is 5.69 Å². The molecule has 1 aliphatic rings. The summed E-state index contributed by atoms with van der Waals surface area (Å²) in [6.07, 6.45) is 6.55. The molecule has 1 saturated carbocycles. The molecule has 1 fully saturated rings. The number of aromatic nitrogens is 1. The second-order valence-electron chi connectivity index (χ2n) is 4.12.